The van der Waals surface area contributed by atoms with E-state index in [1.807, 2.05) is 0 Å². The molecule has 2 aliphatic rings. The minimum Gasteiger partial charge on any atom is -0.454 e. The van der Waals surface area contributed by atoms with Crippen LogP contribution in [0.15, 0.2) is 18.2 Å². The SMILES string of the molecule is CC(C)CCNC(=O)C1CC1C(=O)Nc1ccc2c(c1)OCO2. The largest absolute Gasteiger partial charge is 0.454 e. The lowest BCUT2D eigenvalue weighted by Gasteiger charge is -2.08. The minimum absolute atomic E-state index is 0.0171. The fourth-order valence-electron chi connectivity index (χ4n) is 2.60. The molecule has 2 unspecified atom stereocenters. The van der Waals surface area contributed by atoms with Crippen molar-refractivity contribution >= 4 is 17.5 Å². The van der Waals surface area contributed by atoms with Gasteiger partial charge in [0.1, 0.15) is 0 Å². The highest BCUT2D eigenvalue weighted by Crippen LogP contribution is 2.40. The molecule has 6 nitrogen and oxygen atoms in total. The third-order valence-electron chi connectivity index (χ3n) is 4.13. The highest BCUT2D eigenvalue weighted by molar-refractivity contribution is 5.99. The lowest BCUT2D eigenvalue weighted by molar-refractivity contribution is -0.125. The van der Waals surface area contributed by atoms with Crippen molar-refractivity contribution in [1.29, 1.82) is 0 Å². The third kappa shape index (κ3) is 3.75. The molecule has 1 saturated carbocycles. The van der Waals surface area contributed by atoms with Crippen molar-refractivity contribution < 1.29 is 19.1 Å². The Morgan fingerprint density at radius 2 is 1.91 bits per heavy atom. The number of carbonyl (C=O) groups excluding carboxylic acids is 2. The van der Waals surface area contributed by atoms with E-state index in [4.69, 9.17) is 9.47 Å². The smallest absolute Gasteiger partial charge is 0.231 e. The zero-order valence-corrected chi connectivity index (χ0v) is 13.4. The Balaban J connectivity index is 1.47. The molecule has 124 valence electrons. The zero-order valence-electron chi connectivity index (χ0n) is 13.4. The van der Waals surface area contributed by atoms with Gasteiger partial charge in [-0.05, 0) is 30.9 Å². The first kappa shape index (κ1) is 15.6. The third-order valence-corrected chi connectivity index (χ3v) is 4.13. The van der Waals surface area contributed by atoms with Gasteiger partial charge in [-0.3, -0.25) is 9.59 Å². The van der Waals surface area contributed by atoms with Crippen molar-refractivity contribution in [3.63, 3.8) is 0 Å². The Morgan fingerprint density at radius 1 is 1.17 bits per heavy atom. The highest BCUT2D eigenvalue weighted by Gasteiger charge is 2.47. The van der Waals surface area contributed by atoms with E-state index < -0.39 is 0 Å². The van der Waals surface area contributed by atoms with Crippen LogP contribution in [-0.2, 0) is 9.59 Å². The van der Waals surface area contributed by atoms with Gasteiger partial charge in [-0.15, -0.1) is 0 Å². The molecule has 2 N–H and O–H groups in total. The van der Waals surface area contributed by atoms with Crippen LogP contribution in [0.25, 0.3) is 0 Å². The molecule has 1 aromatic carbocycles. The molecule has 1 aromatic rings. The van der Waals surface area contributed by atoms with E-state index >= 15 is 0 Å². The molecule has 0 saturated heterocycles. The topological polar surface area (TPSA) is 76.7 Å². The minimum atomic E-state index is -0.237. The molecule has 0 radical (unpaired) electrons. The summed E-state index contributed by atoms with van der Waals surface area (Å²) < 4.78 is 10.5. The number of hydrogen-bond donors (Lipinski definition) is 2. The van der Waals surface area contributed by atoms with Crippen LogP contribution in [-0.4, -0.2) is 25.2 Å². The lowest BCUT2D eigenvalue weighted by Crippen LogP contribution is -2.28. The first-order valence-electron chi connectivity index (χ1n) is 8.03. The Bertz CT molecular complexity index is 615. The van der Waals surface area contributed by atoms with Crippen molar-refractivity contribution in [3.8, 4) is 11.5 Å². The van der Waals surface area contributed by atoms with Crippen LogP contribution >= 0.6 is 0 Å². The molecule has 2 amide bonds. The van der Waals surface area contributed by atoms with E-state index in [0.717, 1.165) is 6.42 Å². The summed E-state index contributed by atoms with van der Waals surface area (Å²) in [6.07, 6.45) is 1.57. The number of rotatable bonds is 6. The summed E-state index contributed by atoms with van der Waals surface area (Å²) in [5.41, 5.74) is 0.658. The molecule has 6 heteroatoms. The summed E-state index contributed by atoms with van der Waals surface area (Å²) in [5.74, 6) is 1.29. The highest BCUT2D eigenvalue weighted by atomic mass is 16.7. The van der Waals surface area contributed by atoms with Crippen LogP contribution in [0.5, 0.6) is 11.5 Å². The zero-order chi connectivity index (χ0) is 16.4. The predicted molar refractivity (Wildman–Crippen MR) is 85.3 cm³/mol. The maximum atomic E-state index is 12.2. The molecule has 0 aromatic heterocycles. The van der Waals surface area contributed by atoms with E-state index in [-0.39, 0.29) is 30.4 Å². The summed E-state index contributed by atoms with van der Waals surface area (Å²) >= 11 is 0. The number of anilines is 1. The van der Waals surface area contributed by atoms with E-state index in [1.54, 1.807) is 18.2 Å². The molecule has 23 heavy (non-hydrogen) atoms. The van der Waals surface area contributed by atoms with Crippen molar-refractivity contribution in [2.24, 2.45) is 17.8 Å². The average molecular weight is 318 g/mol. The van der Waals surface area contributed by atoms with Gasteiger partial charge in [0, 0.05) is 18.3 Å². The lowest BCUT2D eigenvalue weighted by atomic mass is 10.1. The second kappa shape index (κ2) is 6.48. The number of amides is 2. The summed E-state index contributed by atoms with van der Waals surface area (Å²) in [5, 5.41) is 5.74. The van der Waals surface area contributed by atoms with Gasteiger partial charge in [0.25, 0.3) is 0 Å². The number of hydrogen-bond acceptors (Lipinski definition) is 4. The standard InChI is InChI=1S/C17H22N2O4/c1-10(2)5-6-18-16(20)12-8-13(12)17(21)19-11-3-4-14-15(7-11)23-9-22-14/h3-4,7,10,12-13H,5-6,8-9H2,1-2H3,(H,18,20)(H,19,21). The molecule has 1 aliphatic carbocycles. The fourth-order valence-corrected chi connectivity index (χ4v) is 2.60. The molecular weight excluding hydrogens is 296 g/mol. The van der Waals surface area contributed by atoms with Crippen molar-refractivity contribution in [1.82, 2.24) is 5.32 Å². The van der Waals surface area contributed by atoms with Gasteiger partial charge in [-0.2, -0.15) is 0 Å². The van der Waals surface area contributed by atoms with Gasteiger partial charge in [-0.25, -0.2) is 0 Å². The first-order chi connectivity index (χ1) is 11.0. The van der Waals surface area contributed by atoms with Crippen LogP contribution in [0.1, 0.15) is 26.7 Å². The van der Waals surface area contributed by atoms with Gasteiger partial charge in [0.15, 0.2) is 11.5 Å². The monoisotopic (exact) mass is 318 g/mol. The van der Waals surface area contributed by atoms with E-state index in [0.29, 0.717) is 36.1 Å². The normalized spacial score (nSPS) is 21.2. The van der Waals surface area contributed by atoms with Crippen LogP contribution in [0, 0.1) is 17.8 Å². The molecule has 1 aliphatic heterocycles. The number of nitrogens with one attached hydrogen (secondary N) is 2. The number of benzene rings is 1. The quantitative estimate of drug-likeness (QED) is 0.842. The maximum Gasteiger partial charge on any atom is 0.231 e. The molecule has 1 fully saturated rings. The van der Waals surface area contributed by atoms with Gasteiger partial charge in [-0.1, -0.05) is 13.8 Å². The van der Waals surface area contributed by atoms with Crippen LogP contribution in [0.3, 0.4) is 0 Å². The Hall–Kier alpha value is -2.24. The number of carbonyl (C=O) groups is 2. The summed E-state index contributed by atoms with van der Waals surface area (Å²) in [7, 11) is 0. The number of ether oxygens (including phenoxy) is 2. The number of fused-ring (bicyclic) bond motifs is 1. The van der Waals surface area contributed by atoms with Crippen LogP contribution in [0.4, 0.5) is 5.69 Å². The molecule has 1 heterocycles. The van der Waals surface area contributed by atoms with Crippen molar-refractivity contribution in [3.05, 3.63) is 18.2 Å². The van der Waals surface area contributed by atoms with Crippen molar-refractivity contribution in [2.75, 3.05) is 18.7 Å². The molecule has 2 atom stereocenters. The Morgan fingerprint density at radius 3 is 2.70 bits per heavy atom. The Kier molecular flexibility index (Phi) is 4.41. The Labute approximate surface area is 135 Å². The van der Waals surface area contributed by atoms with E-state index in [1.165, 1.54) is 0 Å². The van der Waals surface area contributed by atoms with Crippen LogP contribution < -0.4 is 20.1 Å². The first-order valence-corrected chi connectivity index (χ1v) is 8.03. The van der Waals surface area contributed by atoms with Gasteiger partial charge in [0.05, 0.1) is 11.8 Å². The second-order valence-corrected chi connectivity index (χ2v) is 6.48. The van der Waals surface area contributed by atoms with E-state index in [9.17, 15) is 9.59 Å². The summed E-state index contributed by atoms with van der Waals surface area (Å²) in [4.78, 5) is 24.2. The average Bonchev–Trinajstić information content (AvgIpc) is 3.18. The molecule has 0 bridgehead atoms. The van der Waals surface area contributed by atoms with E-state index in [2.05, 4.69) is 24.5 Å². The fraction of sp³-hybridized carbons (Fsp3) is 0.529. The maximum absolute atomic E-state index is 12.2. The molecular formula is C17H22N2O4. The van der Waals surface area contributed by atoms with Crippen LogP contribution in [0.2, 0.25) is 0 Å². The molecule has 3 rings (SSSR count). The van der Waals surface area contributed by atoms with Gasteiger partial charge in [0.2, 0.25) is 18.6 Å². The van der Waals surface area contributed by atoms with Gasteiger partial charge < -0.3 is 20.1 Å². The van der Waals surface area contributed by atoms with Gasteiger partial charge >= 0.3 is 0 Å². The predicted octanol–water partition coefficient (Wildman–Crippen LogP) is 2.15. The van der Waals surface area contributed by atoms with Crippen molar-refractivity contribution in [2.45, 2.75) is 26.7 Å². The second-order valence-electron chi connectivity index (χ2n) is 6.48. The molecule has 0 spiro atoms. The summed E-state index contributed by atoms with van der Waals surface area (Å²) in [6, 6.07) is 5.27. The summed E-state index contributed by atoms with van der Waals surface area (Å²) in [6.45, 7) is 5.10.